The van der Waals surface area contributed by atoms with Crippen molar-refractivity contribution >= 4 is 11.6 Å². The first kappa shape index (κ1) is 9.61. The smallest absolute Gasteiger partial charge is 0.129 e. The summed E-state index contributed by atoms with van der Waals surface area (Å²) in [5.41, 5.74) is 1.07. The van der Waals surface area contributed by atoms with Crippen molar-refractivity contribution in [3.05, 3.63) is 34.6 Å². The van der Waals surface area contributed by atoms with Crippen LogP contribution in [0.5, 0.6) is 0 Å². The topological polar surface area (TPSA) is 12.0 Å². The highest BCUT2D eigenvalue weighted by molar-refractivity contribution is 6.30. The van der Waals surface area contributed by atoms with E-state index in [1.54, 1.807) is 12.1 Å². The van der Waals surface area contributed by atoms with Gasteiger partial charge in [0, 0.05) is 22.7 Å². The maximum atomic E-state index is 13.4. The molecule has 0 heterocycles. The van der Waals surface area contributed by atoms with Crippen LogP contribution in [0.15, 0.2) is 18.2 Å². The molecule has 0 aromatic heterocycles. The van der Waals surface area contributed by atoms with Crippen molar-refractivity contribution in [2.75, 3.05) is 0 Å². The van der Waals surface area contributed by atoms with Gasteiger partial charge in [-0.1, -0.05) is 17.7 Å². The first-order valence-corrected chi connectivity index (χ1v) is 5.74. The molecule has 4 rings (SSSR count). The molecule has 0 saturated heterocycles. The summed E-state index contributed by atoms with van der Waals surface area (Å²) in [5.74, 6) is 0.745. The van der Waals surface area contributed by atoms with Gasteiger partial charge in [0.1, 0.15) is 5.82 Å². The van der Waals surface area contributed by atoms with Crippen LogP contribution in [-0.2, 0) is 6.54 Å². The largest absolute Gasteiger partial charge is 0.307 e. The lowest BCUT2D eigenvalue weighted by atomic mass is 9.50. The van der Waals surface area contributed by atoms with Crippen LogP contribution >= 0.6 is 11.6 Å². The van der Waals surface area contributed by atoms with E-state index < -0.39 is 0 Å². The van der Waals surface area contributed by atoms with E-state index in [1.165, 1.54) is 25.3 Å². The Labute approximate surface area is 93.6 Å². The summed E-state index contributed by atoms with van der Waals surface area (Å²) in [6.45, 7) is 0.621. The van der Waals surface area contributed by atoms with Crippen LogP contribution < -0.4 is 5.32 Å². The SMILES string of the molecule is Fc1cc(Cl)ccc1CNC12CC(C1)C2. The molecule has 80 valence electrons. The quantitative estimate of drug-likeness (QED) is 0.834. The van der Waals surface area contributed by atoms with Crippen molar-refractivity contribution < 1.29 is 4.39 Å². The van der Waals surface area contributed by atoms with Crippen LogP contribution in [0.3, 0.4) is 0 Å². The van der Waals surface area contributed by atoms with Crippen LogP contribution in [0.25, 0.3) is 0 Å². The molecule has 3 aliphatic carbocycles. The molecular formula is C12H13ClFN. The summed E-state index contributed by atoms with van der Waals surface area (Å²) in [6.07, 6.45) is 3.84. The molecule has 0 amide bonds. The highest BCUT2D eigenvalue weighted by atomic mass is 35.5. The van der Waals surface area contributed by atoms with Crippen LogP contribution in [0.1, 0.15) is 24.8 Å². The third-order valence-electron chi connectivity index (χ3n) is 3.71. The van der Waals surface area contributed by atoms with Gasteiger partial charge in [0.05, 0.1) is 0 Å². The molecule has 0 unspecified atom stereocenters. The zero-order valence-electron chi connectivity index (χ0n) is 8.39. The Morgan fingerprint density at radius 1 is 1.40 bits per heavy atom. The summed E-state index contributed by atoms with van der Waals surface area (Å²) in [6, 6.07) is 4.88. The lowest BCUT2D eigenvalue weighted by molar-refractivity contribution is -0.0521. The number of benzene rings is 1. The van der Waals surface area contributed by atoms with E-state index in [-0.39, 0.29) is 5.82 Å². The van der Waals surface area contributed by atoms with Gasteiger partial charge in [0.2, 0.25) is 0 Å². The molecular weight excluding hydrogens is 213 g/mol. The predicted molar refractivity (Wildman–Crippen MR) is 58.3 cm³/mol. The molecule has 15 heavy (non-hydrogen) atoms. The van der Waals surface area contributed by atoms with Gasteiger partial charge in [-0.15, -0.1) is 0 Å². The van der Waals surface area contributed by atoms with Gasteiger partial charge in [-0.25, -0.2) is 4.39 Å². The van der Waals surface area contributed by atoms with Crippen LogP contribution in [-0.4, -0.2) is 5.54 Å². The Balaban J connectivity index is 1.66. The molecule has 0 aliphatic heterocycles. The highest BCUT2D eigenvalue weighted by Gasteiger charge is 2.55. The average Bonchev–Trinajstić information content (AvgIpc) is 2.03. The first-order valence-electron chi connectivity index (χ1n) is 5.36. The number of hydrogen-bond donors (Lipinski definition) is 1. The fraction of sp³-hybridized carbons (Fsp3) is 0.500. The molecule has 0 atom stereocenters. The molecule has 3 saturated carbocycles. The second kappa shape index (κ2) is 3.19. The summed E-state index contributed by atoms with van der Waals surface area (Å²) < 4.78 is 13.4. The standard InChI is InChI=1S/C12H13ClFN/c13-10-2-1-9(11(14)3-10)7-15-12-4-8(5-12)6-12/h1-3,8,15H,4-7H2. The molecule has 1 N–H and O–H groups in total. The molecule has 0 radical (unpaired) electrons. The molecule has 1 aromatic rings. The Morgan fingerprint density at radius 2 is 2.13 bits per heavy atom. The van der Waals surface area contributed by atoms with Gasteiger partial charge < -0.3 is 5.32 Å². The molecule has 1 aromatic carbocycles. The van der Waals surface area contributed by atoms with Crippen LogP contribution in [0, 0.1) is 11.7 Å². The van der Waals surface area contributed by atoms with Crippen molar-refractivity contribution in [3.8, 4) is 0 Å². The normalized spacial score (nSPS) is 32.0. The third kappa shape index (κ3) is 1.56. The first-order chi connectivity index (χ1) is 7.17. The predicted octanol–water partition coefficient (Wildman–Crippen LogP) is 3.12. The molecule has 2 bridgehead atoms. The minimum absolute atomic E-state index is 0.207. The summed E-state index contributed by atoms with van der Waals surface area (Å²) in [7, 11) is 0. The van der Waals surface area contributed by atoms with E-state index in [4.69, 9.17) is 11.6 Å². The maximum absolute atomic E-state index is 13.4. The van der Waals surface area contributed by atoms with E-state index in [9.17, 15) is 4.39 Å². The Morgan fingerprint density at radius 3 is 2.67 bits per heavy atom. The van der Waals surface area contributed by atoms with Crippen molar-refractivity contribution in [3.63, 3.8) is 0 Å². The average molecular weight is 226 g/mol. The molecule has 3 fully saturated rings. The minimum atomic E-state index is -0.207. The van der Waals surface area contributed by atoms with Crippen LogP contribution in [0.4, 0.5) is 4.39 Å². The van der Waals surface area contributed by atoms with Gasteiger partial charge >= 0.3 is 0 Å². The van der Waals surface area contributed by atoms with E-state index in [0.29, 0.717) is 22.7 Å². The van der Waals surface area contributed by atoms with Crippen molar-refractivity contribution in [2.24, 2.45) is 5.92 Å². The fourth-order valence-electron chi connectivity index (χ4n) is 2.64. The van der Waals surface area contributed by atoms with Gasteiger partial charge in [-0.05, 0) is 37.3 Å². The number of hydrogen-bond acceptors (Lipinski definition) is 1. The lowest BCUT2D eigenvalue weighted by Crippen LogP contribution is -2.66. The second-order valence-corrected chi connectivity index (χ2v) is 5.28. The third-order valence-corrected chi connectivity index (χ3v) is 3.94. The van der Waals surface area contributed by atoms with Gasteiger partial charge in [-0.3, -0.25) is 0 Å². The summed E-state index contributed by atoms with van der Waals surface area (Å²) in [4.78, 5) is 0. The fourth-order valence-corrected chi connectivity index (χ4v) is 2.80. The van der Waals surface area contributed by atoms with Crippen molar-refractivity contribution in [1.29, 1.82) is 0 Å². The molecule has 0 spiro atoms. The zero-order valence-corrected chi connectivity index (χ0v) is 9.15. The van der Waals surface area contributed by atoms with E-state index in [2.05, 4.69) is 5.32 Å². The number of nitrogens with one attached hydrogen (secondary N) is 1. The zero-order chi connectivity index (χ0) is 10.5. The van der Waals surface area contributed by atoms with E-state index >= 15 is 0 Å². The van der Waals surface area contributed by atoms with Gasteiger partial charge in [0.15, 0.2) is 0 Å². The Hall–Kier alpha value is -0.600. The van der Waals surface area contributed by atoms with Gasteiger partial charge in [-0.2, -0.15) is 0 Å². The van der Waals surface area contributed by atoms with Crippen molar-refractivity contribution in [1.82, 2.24) is 5.32 Å². The summed E-state index contributed by atoms with van der Waals surface area (Å²) >= 11 is 5.69. The number of halogens is 2. The maximum Gasteiger partial charge on any atom is 0.129 e. The van der Waals surface area contributed by atoms with Crippen molar-refractivity contribution in [2.45, 2.75) is 31.3 Å². The molecule has 3 heteroatoms. The summed E-state index contributed by atoms with van der Waals surface area (Å²) in [5, 5.41) is 3.91. The highest BCUT2D eigenvalue weighted by Crippen LogP contribution is 2.56. The second-order valence-electron chi connectivity index (χ2n) is 4.85. The Kier molecular flexibility index (Phi) is 2.05. The van der Waals surface area contributed by atoms with Gasteiger partial charge in [0.25, 0.3) is 0 Å². The lowest BCUT2D eigenvalue weighted by Gasteiger charge is -2.62. The Bertz CT molecular complexity index is 388. The molecule has 3 aliphatic rings. The number of rotatable bonds is 3. The minimum Gasteiger partial charge on any atom is -0.307 e. The molecule has 1 nitrogen and oxygen atoms in total. The van der Waals surface area contributed by atoms with Crippen LogP contribution in [0.2, 0.25) is 5.02 Å². The van der Waals surface area contributed by atoms with E-state index in [0.717, 1.165) is 5.92 Å². The van der Waals surface area contributed by atoms with E-state index in [1.807, 2.05) is 0 Å². The monoisotopic (exact) mass is 225 g/mol.